The number of hydrogen-bond donors (Lipinski definition) is 2. The Labute approximate surface area is 107 Å². The highest BCUT2D eigenvalue weighted by Gasteiger charge is 2.40. The van der Waals surface area contributed by atoms with Gasteiger partial charge in [-0.25, -0.2) is 13.6 Å². The van der Waals surface area contributed by atoms with Gasteiger partial charge in [0.05, 0.1) is 0 Å². The van der Waals surface area contributed by atoms with E-state index < -0.39 is 23.2 Å². The van der Waals surface area contributed by atoms with Gasteiger partial charge in [0.25, 0.3) is 0 Å². The van der Waals surface area contributed by atoms with Gasteiger partial charge in [-0.3, -0.25) is 0 Å². The summed E-state index contributed by atoms with van der Waals surface area (Å²) in [7, 11) is 0. The van der Waals surface area contributed by atoms with E-state index in [4.69, 9.17) is 0 Å². The van der Waals surface area contributed by atoms with Crippen LogP contribution in [0.4, 0.5) is 8.78 Å². The molecule has 0 aliphatic heterocycles. The van der Waals surface area contributed by atoms with E-state index in [0.29, 0.717) is 0 Å². The first-order valence-corrected chi connectivity index (χ1v) is 5.42. The smallest absolute Gasteiger partial charge is 0.345 e. The Morgan fingerprint density at radius 2 is 1.16 bits per heavy atom. The van der Waals surface area contributed by atoms with Gasteiger partial charge >= 0.3 is 5.97 Å². The number of carboxylic acid groups (broad SMARTS) is 1. The zero-order chi connectivity index (χ0) is 14.0. The molecule has 0 amide bonds. The highest BCUT2D eigenvalue weighted by Crippen LogP contribution is 2.30. The molecule has 2 aromatic rings. The van der Waals surface area contributed by atoms with Crippen LogP contribution in [0.15, 0.2) is 48.5 Å². The lowest BCUT2D eigenvalue weighted by molar-refractivity contribution is -0.155. The summed E-state index contributed by atoms with van der Waals surface area (Å²) in [5.74, 6) is -2.61. The van der Waals surface area contributed by atoms with Gasteiger partial charge in [-0.1, -0.05) is 24.3 Å². The van der Waals surface area contributed by atoms with Crippen molar-refractivity contribution in [2.45, 2.75) is 5.60 Å². The summed E-state index contributed by atoms with van der Waals surface area (Å²) in [4.78, 5) is 11.4. The maximum Gasteiger partial charge on any atom is 0.345 e. The number of benzene rings is 2. The SMILES string of the molecule is O=C(O)C(O)(c1ccc(F)cc1)c1ccc(F)cc1. The summed E-state index contributed by atoms with van der Waals surface area (Å²) in [5, 5.41) is 19.6. The van der Waals surface area contributed by atoms with Crippen molar-refractivity contribution in [1.82, 2.24) is 0 Å². The van der Waals surface area contributed by atoms with Gasteiger partial charge in [-0.15, -0.1) is 0 Å². The minimum atomic E-state index is -2.35. The third-order valence-electron chi connectivity index (χ3n) is 2.83. The molecule has 0 saturated heterocycles. The van der Waals surface area contributed by atoms with Crippen LogP contribution in [0.3, 0.4) is 0 Å². The van der Waals surface area contributed by atoms with Gasteiger partial charge in [-0.05, 0) is 35.4 Å². The lowest BCUT2D eigenvalue weighted by Gasteiger charge is -2.24. The molecule has 0 atom stereocenters. The van der Waals surface area contributed by atoms with Crippen molar-refractivity contribution in [2.75, 3.05) is 0 Å². The minimum absolute atomic E-state index is 0.00647. The van der Waals surface area contributed by atoms with Crippen molar-refractivity contribution in [2.24, 2.45) is 0 Å². The molecule has 0 heterocycles. The lowest BCUT2D eigenvalue weighted by atomic mass is 9.86. The Morgan fingerprint density at radius 3 is 1.42 bits per heavy atom. The first-order chi connectivity index (χ1) is 8.94. The van der Waals surface area contributed by atoms with Gasteiger partial charge in [0.15, 0.2) is 0 Å². The van der Waals surface area contributed by atoms with Crippen LogP contribution < -0.4 is 0 Å². The van der Waals surface area contributed by atoms with Crippen LogP contribution >= 0.6 is 0 Å². The fourth-order valence-electron chi connectivity index (χ4n) is 1.80. The molecule has 0 unspecified atom stereocenters. The number of hydrogen-bond acceptors (Lipinski definition) is 2. The number of halogens is 2. The van der Waals surface area contributed by atoms with Crippen LogP contribution in [0.1, 0.15) is 11.1 Å². The summed E-state index contributed by atoms with van der Waals surface area (Å²) in [6.45, 7) is 0. The van der Waals surface area contributed by atoms with Crippen LogP contribution in [0.25, 0.3) is 0 Å². The van der Waals surface area contributed by atoms with Crippen LogP contribution in [-0.4, -0.2) is 16.2 Å². The molecule has 0 aromatic heterocycles. The van der Waals surface area contributed by atoms with Crippen molar-refractivity contribution in [1.29, 1.82) is 0 Å². The van der Waals surface area contributed by atoms with Crippen LogP contribution in [0.5, 0.6) is 0 Å². The number of carbonyl (C=O) groups is 1. The molecule has 3 nitrogen and oxygen atoms in total. The predicted molar refractivity (Wildman–Crippen MR) is 63.4 cm³/mol. The molecule has 0 radical (unpaired) electrons. The third-order valence-corrected chi connectivity index (χ3v) is 2.83. The van der Waals surface area contributed by atoms with E-state index in [1.165, 1.54) is 24.3 Å². The monoisotopic (exact) mass is 264 g/mol. The third kappa shape index (κ3) is 2.32. The Morgan fingerprint density at radius 1 is 0.842 bits per heavy atom. The van der Waals surface area contributed by atoms with E-state index in [9.17, 15) is 23.8 Å². The van der Waals surface area contributed by atoms with E-state index in [1.54, 1.807) is 0 Å². The standard InChI is InChI=1S/C14H10F2O3/c15-11-5-1-9(2-6-11)14(19,13(17)18)10-3-7-12(16)8-4-10/h1-8,19H,(H,17,18). The van der Waals surface area contributed by atoms with Crippen LogP contribution in [0, 0.1) is 11.6 Å². The second-order valence-electron chi connectivity index (χ2n) is 4.03. The first-order valence-electron chi connectivity index (χ1n) is 5.42. The van der Waals surface area contributed by atoms with Gasteiger partial charge < -0.3 is 10.2 Å². The molecule has 0 aliphatic carbocycles. The number of rotatable bonds is 3. The molecule has 0 bridgehead atoms. The zero-order valence-electron chi connectivity index (χ0n) is 9.68. The van der Waals surface area contributed by atoms with Crippen molar-refractivity contribution < 1.29 is 23.8 Å². The quantitative estimate of drug-likeness (QED) is 0.894. The maximum absolute atomic E-state index is 12.9. The van der Waals surface area contributed by atoms with Gasteiger partial charge in [-0.2, -0.15) is 0 Å². The minimum Gasteiger partial charge on any atom is -0.479 e. The highest BCUT2D eigenvalue weighted by molar-refractivity contribution is 5.83. The molecular formula is C14H10F2O3. The van der Waals surface area contributed by atoms with Gasteiger partial charge in [0.1, 0.15) is 11.6 Å². The largest absolute Gasteiger partial charge is 0.479 e. The summed E-state index contributed by atoms with van der Waals surface area (Å²) in [6.07, 6.45) is 0. The number of aliphatic hydroxyl groups is 1. The van der Waals surface area contributed by atoms with Crippen LogP contribution in [-0.2, 0) is 10.4 Å². The lowest BCUT2D eigenvalue weighted by Crippen LogP contribution is -2.36. The van der Waals surface area contributed by atoms with E-state index in [0.717, 1.165) is 24.3 Å². The normalized spacial score (nSPS) is 11.3. The van der Waals surface area contributed by atoms with Crippen molar-refractivity contribution >= 4 is 5.97 Å². The average Bonchev–Trinajstić information content (AvgIpc) is 2.39. The Balaban J connectivity index is 2.57. The van der Waals surface area contributed by atoms with E-state index in [-0.39, 0.29) is 11.1 Å². The molecular weight excluding hydrogens is 254 g/mol. The molecule has 98 valence electrons. The van der Waals surface area contributed by atoms with Gasteiger partial charge in [0.2, 0.25) is 5.60 Å². The summed E-state index contributed by atoms with van der Waals surface area (Å²) < 4.78 is 25.7. The topological polar surface area (TPSA) is 57.5 Å². The molecule has 2 rings (SSSR count). The van der Waals surface area contributed by atoms with Crippen LogP contribution in [0.2, 0.25) is 0 Å². The number of aliphatic carboxylic acids is 1. The van der Waals surface area contributed by atoms with Crippen molar-refractivity contribution in [3.05, 3.63) is 71.3 Å². The molecule has 0 spiro atoms. The molecule has 0 fully saturated rings. The Bertz CT molecular complexity index is 546. The van der Waals surface area contributed by atoms with E-state index >= 15 is 0 Å². The van der Waals surface area contributed by atoms with Crippen molar-refractivity contribution in [3.63, 3.8) is 0 Å². The molecule has 0 aliphatic rings. The molecule has 2 N–H and O–H groups in total. The number of carboxylic acids is 1. The Kier molecular flexibility index (Phi) is 3.31. The first kappa shape index (κ1) is 13.2. The molecule has 19 heavy (non-hydrogen) atoms. The van der Waals surface area contributed by atoms with E-state index in [2.05, 4.69) is 0 Å². The van der Waals surface area contributed by atoms with Gasteiger partial charge in [0, 0.05) is 0 Å². The zero-order valence-corrected chi connectivity index (χ0v) is 9.68. The highest BCUT2D eigenvalue weighted by atomic mass is 19.1. The summed E-state index contributed by atoms with van der Waals surface area (Å²) >= 11 is 0. The van der Waals surface area contributed by atoms with Crippen molar-refractivity contribution in [3.8, 4) is 0 Å². The Hall–Kier alpha value is -2.27. The summed E-state index contributed by atoms with van der Waals surface area (Å²) in [5.41, 5.74) is -2.36. The maximum atomic E-state index is 12.9. The average molecular weight is 264 g/mol. The second-order valence-corrected chi connectivity index (χ2v) is 4.03. The fraction of sp³-hybridized carbons (Fsp3) is 0.0714. The molecule has 5 heteroatoms. The second kappa shape index (κ2) is 4.78. The van der Waals surface area contributed by atoms with E-state index in [1.807, 2.05) is 0 Å². The summed E-state index contributed by atoms with van der Waals surface area (Å²) in [6, 6.07) is 8.89. The molecule has 0 saturated carbocycles. The predicted octanol–water partition coefficient (Wildman–Crippen LogP) is 2.29. The fourth-order valence-corrected chi connectivity index (χ4v) is 1.80. The molecule has 2 aromatic carbocycles.